The monoisotopic (exact) mass is 568 g/mol. The Morgan fingerprint density at radius 1 is 0.535 bits per heavy atom. The number of aromatic nitrogens is 1. The first-order valence-electron chi connectivity index (χ1n) is 14.4. The molecule has 2 heterocycles. The average molecular weight is 569 g/mol. The summed E-state index contributed by atoms with van der Waals surface area (Å²) >= 11 is 1.72. The van der Waals surface area contributed by atoms with E-state index < -0.39 is 0 Å². The molecule has 0 saturated carbocycles. The number of thiazole rings is 1. The Morgan fingerprint density at radius 3 is 2.07 bits per heavy atom. The molecule has 0 aliphatic heterocycles. The van der Waals surface area contributed by atoms with Gasteiger partial charge < -0.3 is 9.32 Å². The molecule has 0 radical (unpaired) electrons. The molecule has 2 aromatic heterocycles. The number of rotatable bonds is 4. The van der Waals surface area contributed by atoms with Crippen LogP contribution in [0.1, 0.15) is 0 Å². The minimum atomic E-state index is 0.872. The Hall–Kier alpha value is -5.45. The fraction of sp³-hybridized carbons (Fsp3) is 0. The number of hydrogen-bond donors (Lipinski definition) is 0. The van der Waals surface area contributed by atoms with Gasteiger partial charge in [0.1, 0.15) is 16.2 Å². The second-order valence-corrected chi connectivity index (χ2v) is 11.8. The third-order valence-electron chi connectivity index (χ3n) is 8.25. The van der Waals surface area contributed by atoms with Gasteiger partial charge in [-0.15, -0.1) is 11.3 Å². The zero-order valence-electron chi connectivity index (χ0n) is 23.1. The van der Waals surface area contributed by atoms with Crippen molar-refractivity contribution < 1.29 is 4.42 Å². The summed E-state index contributed by atoms with van der Waals surface area (Å²) in [5.41, 5.74) is 7.19. The lowest BCUT2D eigenvalue weighted by Crippen LogP contribution is -2.10. The Labute approximate surface area is 251 Å². The van der Waals surface area contributed by atoms with Crippen LogP contribution < -0.4 is 4.90 Å². The fourth-order valence-electron chi connectivity index (χ4n) is 6.30. The van der Waals surface area contributed by atoms with E-state index in [2.05, 4.69) is 144 Å². The maximum Gasteiger partial charge on any atom is 0.137 e. The molecular weight excluding hydrogens is 545 g/mol. The molecule has 0 unspecified atom stereocenters. The molecule has 43 heavy (non-hydrogen) atoms. The van der Waals surface area contributed by atoms with Crippen LogP contribution in [0.2, 0.25) is 0 Å². The van der Waals surface area contributed by atoms with E-state index in [1.807, 2.05) is 6.07 Å². The van der Waals surface area contributed by atoms with Gasteiger partial charge in [0.05, 0.1) is 15.9 Å². The van der Waals surface area contributed by atoms with Crippen molar-refractivity contribution in [2.24, 2.45) is 0 Å². The van der Waals surface area contributed by atoms with Crippen molar-refractivity contribution in [1.82, 2.24) is 4.98 Å². The molecule has 0 N–H and O–H groups in total. The van der Waals surface area contributed by atoms with Crippen LogP contribution in [0.4, 0.5) is 17.1 Å². The van der Waals surface area contributed by atoms with E-state index in [4.69, 9.17) is 9.40 Å². The first-order valence-corrected chi connectivity index (χ1v) is 15.2. The molecule has 202 valence electrons. The minimum Gasteiger partial charge on any atom is -0.456 e. The van der Waals surface area contributed by atoms with Crippen LogP contribution in [0.25, 0.3) is 64.3 Å². The van der Waals surface area contributed by atoms with Crippen molar-refractivity contribution in [3.8, 4) is 10.6 Å². The average Bonchev–Trinajstić information content (AvgIpc) is 3.67. The van der Waals surface area contributed by atoms with E-state index in [1.54, 1.807) is 11.3 Å². The number of nitrogens with zero attached hydrogens (tertiary/aromatic N) is 2. The maximum absolute atomic E-state index is 6.41. The molecule has 0 fully saturated rings. The van der Waals surface area contributed by atoms with Gasteiger partial charge in [-0.2, -0.15) is 0 Å². The van der Waals surface area contributed by atoms with Crippen LogP contribution in [0.3, 0.4) is 0 Å². The van der Waals surface area contributed by atoms with Gasteiger partial charge in [0.25, 0.3) is 0 Å². The lowest BCUT2D eigenvalue weighted by molar-refractivity contribution is 0.669. The molecule has 0 aliphatic rings. The van der Waals surface area contributed by atoms with E-state index in [1.165, 1.54) is 21.5 Å². The highest BCUT2D eigenvalue weighted by atomic mass is 32.1. The van der Waals surface area contributed by atoms with Gasteiger partial charge in [-0.1, -0.05) is 97.1 Å². The zero-order valence-corrected chi connectivity index (χ0v) is 23.9. The van der Waals surface area contributed by atoms with Crippen LogP contribution in [0.15, 0.2) is 150 Å². The summed E-state index contributed by atoms with van der Waals surface area (Å²) in [6, 6.07) is 51.3. The number of furan rings is 1. The maximum atomic E-state index is 6.41. The van der Waals surface area contributed by atoms with E-state index in [0.29, 0.717) is 0 Å². The number of para-hydroxylation sites is 1. The lowest BCUT2D eigenvalue weighted by atomic mass is 9.99. The molecule has 9 rings (SSSR count). The molecule has 0 atom stereocenters. The summed E-state index contributed by atoms with van der Waals surface area (Å²) in [5.74, 6) is 0. The van der Waals surface area contributed by atoms with Crippen molar-refractivity contribution in [1.29, 1.82) is 0 Å². The standard InChI is InChI=1S/C39H24N2OS/c1-3-11-25(12-4-1)39-40-33-20-22-36-37(38(33)43-39)32-24-28(19-21-35(32)42-36)41(27-14-5-2-6-15-27)34-23-26-13-7-8-16-29(26)30-17-9-10-18-31(30)34/h1-24H. The zero-order chi connectivity index (χ0) is 28.3. The van der Waals surface area contributed by atoms with Crippen molar-refractivity contribution in [2.45, 2.75) is 0 Å². The van der Waals surface area contributed by atoms with Gasteiger partial charge in [-0.05, 0) is 64.7 Å². The van der Waals surface area contributed by atoms with E-state index in [9.17, 15) is 0 Å². The minimum absolute atomic E-state index is 0.872. The van der Waals surface area contributed by atoms with Crippen LogP contribution in [-0.2, 0) is 0 Å². The number of hydrogen-bond acceptors (Lipinski definition) is 4. The number of fused-ring (bicyclic) bond motifs is 8. The Bertz CT molecular complexity index is 2460. The highest BCUT2D eigenvalue weighted by molar-refractivity contribution is 7.22. The molecule has 3 nitrogen and oxygen atoms in total. The second-order valence-electron chi connectivity index (χ2n) is 10.8. The molecule has 9 aromatic rings. The summed E-state index contributed by atoms with van der Waals surface area (Å²) in [7, 11) is 0. The smallest absolute Gasteiger partial charge is 0.137 e. The van der Waals surface area contributed by atoms with Crippen molar-refractivity contribution in [2.75, 3.05) is 4.90 Å². The third-order valence-corrected chi connectivity index (χ3v) is 9.39. The van der Waals surface area contributed by atoms with Crippen LogP contribution in [-0.4, -0.2) is 4.98 Å². The van der Waals surface area contributed by atoms with Gasteiger partial charge in [0.2, 0.25) is 0 Å². The Balaban J connectivity index is 1.32. The summed E-state index contributed by atoms with van der Waals surface area (Å²) in [5, 5.41) is 8.14. The van der Waals surface area contributed by atoms with Crippen LogP contribution in [0, 0.1) is 0 Å². The molecule has 4 heteroatoms. The van der Waals surface area contributed by atoms with Crippen LogP contribution >= 0.6 is 11.3 Å². The van der Waals surface area contributed by atoms with Crippen molar-refractivity contribution in [3.63, 3.8) is 0 Å². The van der Waals surface area contributed by atoms with E-state index in [-0.39, 0.29) is 0 Å². The van der Waals surface area contributed by atoms with Gasteiger partial charge in [-0.3, -0.25) is 0 Å². The molecule has 0 saturated heterocycles. The molecular formula is C39H24N2OS. The Morgan fingerprint density at radius 2 is 1.23 bits per heavy atom. The molecule has 0 aliphatic carbocycles. The summed E-state index contributed by atoms with van der Waals surface area (Å²) in [6.45, 7) is 0. The highest BCUT2D eigenvalue weighted by Gasteiger charge is 2.20. The van der Waals surface area contributed by atoms with Crippen molar-refractivity contribution >= 4 is 82.1 Å². The predicted molar refractivity (Wildman–Crippen MR) is 182 cm³/mol. The first kappa shape index (κ1) is 24.2. The number of benzene rings is 7. The quantitative estimate of drug-likeness (QED) is 0.198. The van der Waals surface area contributed by atoms with Gasteiger partial charge in [-0.25, -0.2) is 4.98 Å². The third kappa shape index (κ3) is 3.84. The Kier molecular flexibility index (Phi) is 5.37. The van der Waals surface area contributed by atoms with E-state index in [0.717, 1.165) is 59.8 Å². The normalized spacial score (nSPS) is 11.7. The van der Waals surface area contributed by atoms with Crippen molar-refractivity contribution in [3.05, 3.63) is 146 Å². The van der Waals surface area contributed by atoms with Gasteiger partial charge >= 0.3 is 0 Å². The van der Waals surface area contributed by atoms with Gasteiger partial charge in [0.15, 0.2) is 0 Å². The fourth-order valence-corrected chi connectivity index (χ4v) is 7.42. The SMILES string of the molecule is c1ccc(-c2nc3ccc4oc5ccc(N(c6ccccc6)c6cc7ccccc7c7ccccc67)cc5c4c3s2)cc1. The van der Waals surface area contributed by atoms with Gasteiger partial charge in [0, 0.05) is 33.1 Å². The summed E-state index contributed by atoms with van der Waals surface area (Å²) in [6.07, 6.45) is 0. The molecule has 0 amide bonds. The second kappa shape index (κ2) is 9.55. The first-order chi connectivity index (χ1) is 21.3. The molecule has 7 aromatic carbocycles. The summed E-state index contributed by atoms with van der Waals surface area (Å²) < 4.78 is 7.56. The molecule has 0 bridgehead atoms. The lowest BCUT2D eigenvalue weighted by Gasteiger charge is -2.27. The largest absolute Gasteiger partial charge is 0.456 e. The topological polar surface area (TPSA) is 29.3 Å². The van der Waals surface area contributed by atoms with Crippen LogP contribution in [0.5, 0.6) is 0 Å². The predicted octanol–water partition coefficient (Wildman–Crippen LogP) is 11.6. The highest BCUT2D eigenvalue weighted by Crippen LogP contribution is 2.45. The van der Waals surface area contributed by atoms with E-state index >= 15 is 0 Å². The summed E-state index contributed by atoms with van der Waals surface area (Å²) in [4.78, 5) is 7.37. The molecule has 0 spiro atoms. The number of anilines is 3.